The Bertz CT molecular complexity index is 329. The van der Waals surface area contributed by atoms with Gasteiger partial charge in [-0.1, -0.05) is 28.1 Å². The Kier molecular flexibility index (Phi) is 3.97. The van der Waals surface area contributed by atoms with Crippen molar-refractivity contribution >= 4 is 22.0 Å². The maximum Gasteiger partial charge on any atom is 0.150 e. The molecule has 4 heteroatoms. The van der Waals surface area contributed by atoms with Gasteiger partial charge in [-0.05, 0) is 19.3 Å². The molecule has 0 unspecified atom stereocenters. The summed E-state index contributed by atoms with van der Waals surface area (Å²) in [4.78, 5) is 0. The maximum absolute atomic E-state index is 5.65. The summed E-state index contributed by atoms with van der Waals surface area (Å²) >= 11 is 3.35. The number of allylic oxidation sites excluding steroid dienone is 1. The van der Waals surface area contributed by atoms with Crippen LogP contribution in [0.3, 0.4) is 0 Å². The number of alkyl halides is 1. The molecule has 0 bridgehead atoms. The van der Waals surface area contributed by atoms with E-state index in [0.717, 1.165) is 23.9 Å². The van der Waals surface area contributed by atoms with Crippen LogP contribution >= 0.6 is 15.9 Å². The highest BCUT2D eigenvalue weighted by Crippen LogP contribution is 2.21. The minimum atomic E-state index is 0.143. The average molecular weight is 271 g/mol. The van der Waals surface area contributed by atoms with Crippen molar-refractivity contribution in [1.82, 2.24) is 9.78 Å². The molecule has 1 atom stereocenters. The van der Waals surface area contributed by atoms with Crippen molar-refractivity contribution in [3.05, 3.63) is 24.0 Å². The summed E-state index contributed by atoms with van der Waals surface area (Å²) in [7, 11) is 0. The van der Waals surface area contributed by atoms with Gasteiger partial charge in [0.1, 0.15) is 6.23 Å². The third-order valence-electron chi connectivity index (χ3n) is 2.47. The summed E-state index contributed by atoms with van der Waals surface area (Å²) < 4.78 is 7.57. The third-order valence-corrected chi connectivity index (χ3v) is 2.85. The van der Waals surface area contributed by atoms with Crippen LogP contribution in [0.1, 0.15) is 31.1 Å². The standard InChI is InChI=1S/C11H15BrN2O/c12-6-3-4-10-8-13-14(9-10)11-5-1-2-7-15-11/h3-4,8-9,11H,1-2,5-7H2/t11-/m0/s1. The number of halogens is 1. The van der Waals surface area contributed by atoms with E-state index in [9.17, 15) is 0 Å². The van der Waals surface area contributed by atoms with Gasteiger partial charge in [0.25, 0.3) is 0 Å². The first-order chi connectivity index (χ1) is 7.40. The van der Waals surface area contributed by atoms with E-state index in [-0.39, 0.29) is 6.23 Å². The summed E-state index contributed by atoms with van der Waals surface area (Å²) in [6.45, 7) is 0.858. The van der Waals surface area contributed by atoms with Crippen LogP contribution < -0.4 is 0 Å². The summed E-state index contributed by atoms with van der Waals surface area (Å²) in [5.41, 5.74) is 1.13. The predicted molar refractivity (Wildman–Crippen MR) is 63.9 cm³/mol. The first-order valence-corrected chi connectivity index (χ1v) is 6.40. The normalized spacial score (nSPS) is 22.3. The molecule has 15 heavy (non-hydrogen) atoms. The highest BCUT2D eigenvalue weighted by Gasteiger charge is 2.15. The van der Waals surface area contributed by atoms with Crippen LogP contribution in [0.4, 0.5) is 0 Å². The molecule has 82 valence electrons. The Morgan fingerprint density at radius 2 is 2.53 bits per heavy atom. The highest BCUT2D eigenvalue weighted by molar-refractivity contribution is 9.09. The lowest BCUT2D eigenvalue weighted by atomic mass is 10.2. The molecule has 1 fully saturated rings. The van der Waals surface area contributed by atoms with E-state index in [1.165, 1.54) is 12.8 Å². The fourth-order valence-corrected chi connectivity index (χ4v) is 1.90. The molecule has 1 aliphatic heterocycles. The van der Waals surface area contributed by atoms with E-state index >= 15 is 0 Å². The number of aromatic nitrogens is 2. The van der Waals surface area contributed by atoms with E-state index in [4.69, 9.17) is 4.74 Å². The molecular weight excluding hydrogens is 256 g/mol. The zero-order valence-electron chi connectivity index (χ0n) is 8.60. The van der Waals surface area contributed by atoms with Gasteiger partial charge in [0.2, 0.25) is 0 Å². The first-order valence-electron chi connectivity index (χ1n) is 5.28. The number of nitrogens with zero attached hydrogens (tertiary/aromatic N) is 2. The Balaban J connectivity index is 2.02. The van der Waals surface area contributed by atoms with Gasteiger partial charge in [0.05, 0.1) is 6.20 Å². The molecule has 1 saturated heterocycles. The topological polar surface area (TPSA) is 27.1 Å². The molecule has 3 nitrogen and oxygen atoms in total. The van der Waals surface area contributed by atoms with Crippen molar-refractivity contribution in [2.24, 2.45) is 0 Å². The van der Waals surface area contributed by atoms with Gasteiger partial charge in [-0.15, -0.1) is 0 Å². The summed E-state index contributed by atoms with van der Waals surface area (Å²) in [6.07, 6.45) is 11.6. The van der Waals surface area contributed by atoms with Crippen LogP contribution in [0.2, 0.25) is 0 Å². The average Bonchev–Trinajstić information content (AvgIpc) is 2.76. The van der Waals surface area contributed by atoms with Crippen LogP contribution in [0.5, 0.6) is 0 Å². The van der Waals surface area contributed by atoms with E-state index in [1.807, 2.05) is 17.1 Å². The van der Waals surface area contributed by atoms with Gasteiger partial charge in [0, 0.05) is 23.7 Å². The molecular formula is C11H15BrN2O. The van der Waals surface area contributed by atoms with Crippen molar-refractivity contribution in [3.63, 3.8) is 0 Å². The fourth-order valence-electron chi connectivity index (χ4n) is 1.71. The monoisotopic (exact) mass is 270 g/mol. The van der Waals surface area contributed by atoms with Gasteiger partial charge in [0.15, 0.2) is 0 Å². The van der Waals surface area contributed by atoms with Crippen LogP contribution in [0.15, 0.2) is 18.5 Å². The van der Waals surface area contributed by atoms with Gasteiger partial charge < -0.3 is 4.74 Å². The van der Waals surface area contributed by atoms with Gasteiger partial charge in [-0.2, -0.15) is 5.10 Å². The van der Waals surface area contributed by atoms with Crippen LogP contribution in [0, 0.1) is 0 Å². The van der Waals surface area contributed by atoms with Crippen LogP contribution in [0.25, 0.3) is 6.08 Å². The second-order valence-corrected chi connectivity index (χ2v) is 4.28. The molecule has 0 aromatic carbocycles. The van der Waals surface area contributed by atoms with Crippen molar-refractivity contribution in [2.45, 2.75) is 25.5 Å². The molecule has 0 saturated carbocycles. The molecule has 2 heterocycles. The van der Waals surface area contributed by atoms with Gasteiger partial charge in [-0.3, -0.25) is 0 Å². The number of hydrogen-bond acceptors (Lipinski definition) is 2. The molecule has 1 aliphatic rings. The largest absolute Gasteiger partial charge is 0.357 e. The zero-order chi connectivity index (χ0) is 10.5. The predicted octanol–water partition coefficient (Wildman–Crippen LogP) is 2.99. The van der Waals surface area contributed by atoms with Crippen LogP contribution in [-0.4, -0.2) is 21.7 Å². The van der Waals surface area contributed by atoms with E-state index in [2.05, 4.69) is 33.2 Å². The smallest absolute Gasteiger partial charge is 0.150 e. The van der Waals surface area contributed by atoms with E-state index in [1.54, 1.807) is 0 Å². The van der Waals surface area contributed by atoms with Crippen LogP contribution in [-0.2, 0) is 4.74 Å². The van der Waals surface area contributed by atoms with E-state index in [0.29, 0.717) is 0 Å². The van der Waals surface area contributed by atoms with Gasteiger partial charge in [-0.25, -0.2) is 4.68 Å². The van der Waals surface area contributed by atoms with Crippen molar-refractivity contribution in [1.29, 1.82) is 0 Å². The molecule has 0 spiro atoms. The minimum absolute atomic E-state index is 0.143. The lowest BCUT2D eigenvalue weighted by molar-refractivity contribution is -0.0394. The Labute approximate surface area is 98.2 Å². The minimum Gasteiger partial charge on any atom is -0.357 e. The maximum atomic E-state index is 5.65. The third kappa shape index (κ3) is 2.92. The molecule has 1 aromatic rings. The quantitative estimate of drug-likeness (QED) is 0.790. The summed E-state index contributed by atoms with van der Waals surface area (Å²) in [5, 5.41) is 5.19. The lowest BCUT2D eigenvalue weighted by Crippen LogP contribution is -2.18. The molecule has 1 aromatic heterocycles. The Hall–Kier alpha value is -0.610. The van der Waals surface area contributed by atoms with Crippen molar-refractivity contribution < 1.29 is 4.74 Å². The Morgan fingerprint density at radius 3 is 3.27 bits per heavy atom. The second-order valence-electron chi connectivity index (χ2n) is 3.63. The molecule has 0 aliphatic carbocycles. The molecule has 0 N–H and O–H groups in total. The summed E-state index contributed by atoms with van der Waals surface area (Å²) in [6, 6.07) is 0. The Morgan fingerprint density at radius 1 is 1.60 bits per heavy atom. The molecule has 2 rings (SSSR count). The number of rotatable bonds is 3. The molecule has 0 amide bonds. The SMILES string of the molecule is BrCC=Cc1cnn([C@@H]2CCCCO2)c1. The van der Waals surface area contributed by atoms with Crippen molar-refractivity contribution in [3.8, 4) is 0 Å². The number of ether oxygens (including phenoxy) is 1. The fraction of sp³-hybridized carbons (Fsp3) is 0.545. The zero-order valence-corrected chi connectivity index (χ0v) is 10.2. The number of hydrogen-bond donors (Lipinski definition) is 0. The highest BCUT2D eigenvalue weighted by atomic mass is 79.9. The molecule has 0 radical (unpaired) electrons. The lowest BCUT2D eigenvalue weighted by Gasteiger charge is -2.22. The van der Waals surface area contributed by atoms with Gasteiger partial charge >= 0.3 is 0 Å². The van der Waals surface area contributed by atoms with E-state index < -0.39 is 0 Å². The summed E-state index contributed by atoms with van der Waals surface area (Å²) in [5.74, 6) is 0. The van der Waals surface area contributed by atoms with Crippen molar-refractivity contribution in [2.75, 3.05) is 11.9 Å². The second kappa shape index (κ2) is 5.47. The first kappa shape index (κ1) is 10.9.